The first-order valence-corrected chi connectivity index (χ1v) is 9.83. The van der Waals surface area contributed by atoms with Crippen molar-refractivity contribution in [3.05, 3.63) is 0 Å². The fourth-order valence-electron chi connectivity index (χ4n) is 2.88. The SMILES string of the molecule is C1CCCNCCCNCCCCCCNCCCNCC1. The molecule has 0 unspecified atom stereocenters. The van der Waals surface area contributed by atoms with Crippen molar-refractivity contribution < 1.29 is 0 Å². The fourth-order valence-corrected chi connectivity index (χ4v) is 2.88. The van der Waals surface area contributed by atoms with Crippen molar-refractivity contribution in [3.63, 3.8) is 0 Å². The number of nitrogens with one attached hydrogen (secondary N) is 4. The van der Waals surface area contributed by atoms with Crippen LogP contribution < -0.4 is 21.3 Å². The third-order valence-corrected chi connectivity index (χ3v) is 4.33. The van der Waals surface area contributed by atoms with Gasteiger partial charge in [-0.1, -0.05) is 25.7 Å². The molecular weight excluding hydrogens is 272 g/mol. The van der Waals surface area contributed by atoms with Crippen molar-refractivity contribution in [2.24, 2.45) is 0 Å². The Labute approximate surface area is 138 Å². The summed E-state index contributed by atoms with van der Waals surface area (Å²) in [5, 5.41) is 14.2. The van der Waals surface area contributed by atoms with Crippen LogP contribution in [0.3, 0.4) is 0 Å². The largest absolute Gasteiger partial charge is 0.317 e. The van der Waals surface area contributed by atoms with Crippen LogP contribution in [-0.2, 0) is 0 Å². The Morgan fingerprint density at radius 2 is 0.455 bits per heavy atom. The van der Waals surface area contributed by atoms with E-state index in [4.69, 9.17) is 0 Å². The molecule has 132 valence electrons. The van der Waals surface area contributed by atoms with Gasteiger partial charge < -0.3 is 21.3 Å². The minimum atomic E-state index is 1.17. The van der Waals surface area contributed by atoms with Gasteiger partial charge in [0, 0.05) is 0 Å². The van der Waals surface area contributed by atoms with Gasteiger partial charge in [-0.05, 0) is 90.9 Å². The summed E-state index contributed by atoms with van der Waals surface area (Å²) in [5.74, 6) is 0. The maximum Gasteiger partial charge on any atom is -0.00368 e. The smallest absolute Gasteiger partial charge is 0.00368 e. The summed E-state index contributed by atoms with van der Waals surface area (Å²) < 4.78 is 0. The van der Waals surface area contributed by atoms with Crippen LogP contribution in [0.1, 0.15) is 64.2 Å². The van der Waals surface area contributed by atoms with Gasteiger partial charge in [-0.25, -0.2) is 0 Å². The number of hydrogen-bond donors (Lipinski definition) is 4. The van der Waals surface area contributed by atoms with E-state index in [2.05, 4.69) is 21.3 Å². The topological polar surface area (TPSA) is 48.1 Å². The van der Waals surface area contributed by atoms with E-state index in [1.807, 2.05) is 0 Å². The van der Waals surface area contributed by atoms with Crippen LogP contribution in [0.25, 0.3) is 0 Å². The van der Waals surface area contributed by atoms with E-state index in [0.717, 1.165) is 0 Å². The van der Waals surface area contributed by atoms with E-state index >= 15 is 0 Å². The Morgan fingerprint density at radius 1 is 0.227 bits per heavy atom. The van der Waals surface area contributed by atoms with Crippen molar-refractivity contribution >= 4 is 0 Å². The molecule has 22 heavy (non-hydrogen) atoms. The first-order valence-electron chi connectivity index (χ1n) is 9.83. The molecule has 0 amide bonds. The van der Waals surface area contributed by atoms with Gasteiger partial charge in [-0.15, -0.1) is 0 Å². The highest BCUT2D eigenvalue weighted by molar-refractivity contribution is 4.57. The van der Waals surface area contributed by atoms with E-state index in [0.29, 0.717) is 0 Å². The summed E-state index contributed by atoms with van der Waals surface area (Å²) in [6.07, 6.45) is 13.3. The lowest BCUT2D eigenvalue weighted by atomic mass is 10.2. The lowest BCUT2D eigenvalue weighted by molar-refractivity contribution is 0.521. The standard InChI is InChI=1S/C18H40N4/c1-2-6-12-20-16-10-18-22-14-8-4-3-7-13-21-17-9-15-19-11-5-1/h19-22H,1-18H2. The highest BCUT2D eigenvalue weighted by atomic mass is 14.9. The normalized spacial score (nSPS) is 24.0. The van der Waals surface area contributed by atoms with Crippen LogP contribution >= 0.6 is 0 Å². The maximum atomic E-state index is 3.56. The van der Waals surface area contributed by atoms with E-state index in [-0.39, 0.29) is 0 Å². The number of hydrogen-bond acceptors (Lipinski definition) is 4. The monoisotopic (exact) mass is 312 g/mol. The first-order chi connectivity index (χ1) is 11.0. The van der Waals surface area contributed by atoms with Crippen molar-refractivity contribution in [2.45, 2.75) is 64.2 Å². The van der Waals surface area contributed by atoms with Crippen LogP contribution in [0.2, 0.25) is 0 Å². The molecule has 1 aliphatic heterocycles. The van der Waals surface area contributed by atoms with Gasteiger partial charge in [0.05, 0.1) is 0 Å². The second kappa shape index (κ2) is 17.2. The Kier molecular flexibility index (Phi) is 15.5. The third kappa shape index (κ3) is 14.8. The third-order valence-electron chi connectivity index (χ3n) is 4.33. The highest BCUT2D eigenvalue weighted by Gasteiger charge is 1.95. The van der Waals surface area contributed by atoms with Crippen LogP contribution in [0, 0.1) is 0 Å². The molecule has 0 aromatic heterocycles. The van der Waals surface area contributed by atoms with Gasteiger partial charge in [0.25, 0.3) is 0 Å². The van der Waals surface area contributed by atoms with E-state index < -0.39 is 0 Å². The molecule has 1 saturated heterocycles. The molecule has 4 nitrogen and oxygen atoms in total. The van der Waals surface area contributed by atoms with E-state index in [1.165, 1.54) is 117 Å². The second-order valence-corrected chi connectivity index (χ2v) is 6.54. The zero-order chi connectivity index (χ0) is 15.6. The van der Waals surface area contributed by atoms with Crippen LogP contribution in [0.5, 0.6) is 0 Å². The van der Waals surface area contributed by atoms with Gasteiger partial charge in [-0.3, -0.25) is 0 Å². The molecule has 1 fully saturated rings. The van der Waals surface area contributed by atoms with Crippen molar-refractivity contribution in [1.29, 1.82) is 0 Å². The second-order valence-electron chi connectivity index (χ2n) is 6.54. The first kappa shape index (κ1) is 19.9. The summed E-state index contributed by atoms with van der Waals surface area (Å²) in [4.78, 5) is 0. The maximum absolute atomic E-state index is 3.56. The zero-order valence-electron chi connectivity index (χ0n) is 14.7. The minimum absolute atomic E-state index is 1.17. The van der Waals surface area contributed by atoms with Gasteiger partial charge in [0.1, 0.15) is 0 Å². The minimum Gasteiger partial charge on any atom is -0.317 e. The molecule has 1 heterocycles. The van der Waals surface area contributed by atoms with Gasteiger partial charge >= 0.3 is 0 Å². The van der Waals surface area contributed by atoms with E-state index in [1.54, 1.807) is 0 Å². The molecule has 1 aliphatic rings. The fraction of sp³-hybridized carbons (Fsp3) is 1.00. The summed E-state index contributed by atoms with van der Waals surface area (Å²) in [6, 6.07) is 0. The predicted molar refractivity (Wildman–Crippen MR) is 97.6 cm³/mol. The van der Waals surface area contributed by atoms with Gasteiger partial charge in [0.2, 0.25) is 0 Å². The lowest BCUT2D eigenvalue weighted by Gasteiger charge is -2.08. The van der Waals surface area contributed by atoms with Crippen molar-refractivity contribution in [2.75, 3.05) is 52.4 Å². The molecule has 4 N–H and O–H groups in total. The molecule has 0 atom stereocenters. The summed E-state index contributed by atoms with van der Waals surface area (Å²) >= 11 is 0. The number of rotatable bonds is 0. The molecule has 0 saturated carbocycles. The molecule has 0 radical (unpaired) electrons. The van der Waals surface area contributed by atoms with Crippen molar-refractivity contribution in [1.82, 2.24) is 21.3 Å². The molecule has 0 aliphatic carbocycles. The lowest BCUT2D eigenvalue weighted by Crippen LogP contribution is -2.24. The zero-order valence-corrected chi connectivity index (χ0v) is 14.7. The molecule has 0 bridgehead atoms. The van der Waals surface area contributed by atoms with Gasteiger partial charge in [0.15, 0.2) is 0 Å². The highest BCUT2D eigenvalue weighted by Crippen LogP contribution is 1.99. The van der Waals surface area contributed by atoms with Crippen LogP contribution in [-0.4, -0.2) is 52.4 Å². The van der Waals surface area contributed by atoms with Crippen LogP contribution in [0.15, 0.2) is 0 Å². The van der Waals surface area contributed by atoms with E-state index in [9.17, 15) is 0 Å². The summed E-state index contributed by atoms with van der Waals surface area (Å²) in [7, 11) is 0. The molecule has 1 rings (SSSR count). The predicted octanol–water partition coefficient (Wildman–Crippen LogP) is 2.26. The summed E-state index contributed by atoms with van der Waals surface area (Å²) in [6.45, 7) is 9.44. The van der Waals surface area contributed by atoms with Crippen molar-refractivity contribution in [3.8, 4) is 0 Å². The summed E-state index contributed by atoms with van der Waals surface area (Å²) in [5.41, 5.74) is 0. The van der Waals surface area contributed by atoms with Crippen LogP contribution in [0.4, 0.5) is 0 Å². The van der Waals surface area contributed by atoms with Gasteiger partial charge in [-0.2, -0.15) is 0 Å². The molecule has 0 aromatic rings. The molecule has 0 aromatic carbocycles. The molecular formula is C18H40N4. The molecule has 0 spiro atoms. The Bertz CT molecular complexity index is 113. The Balaban J connectivity index is 2.00. The average molecular weight is 313 g/mol. The Morgan fingerprint density at radius 3 is 0.727 bits per heavy atom. The quantitative estimate of drug-likeness (QED) is 0.554. The molecule has 4 heteroatoms. The average Bonchev–Trinajstić information content (AvgIpc) is 2.53. The Hall–Kier alpha value is -0.160.